The molecule has 2 aromatic carbocycles. The fourth-order valence-electron chi connectivity index (χ4n) is 2.04. The first-order valence-electron chi connectivity index (χ1n) is 6.68. The molecule has 0 fully saturated rings. The van der Waals surface area contributed by atoms with E-state index < -0.39 is 18.2 Å². The molecule has 0 unspecified atom stereocenters. The van der Waals surface area contributed by atoms with Crippen LogP contribution in [0.1, 0.15) is 16.7 Å². The van der Waals surface area contributed by atoms with Crippen molar-refractivity contribution < 1.29 is 23.8 Å². The lowest BCUT2D eigenvalue weighted by Gasteiger charge is -2.13. The number of nitrogens with zero attached hydrogens (tertiary/aromatic N) is 2. The van der Waals surface area contributed by atoms with Gasteiger partial charge in [0.05, 0.1) is 36.8 Å². The first-order chi connectivity index (χ1) is 11.5. The Hall–Kier alpha value is -3.58. The molecule has 120 valence electrons. The lowest BCUT2D eigenvalue weighted by molar-refractivity contribution is -0.136. The van der Waals surface area contributed by atoms with E-state index in [0.29, 0.717) is 0 Å². The number of carbonyl (C=O) groups is 1. The third-order valence-electron chi connectivity index (χ3n) is 3.09. The first kappa shape index (κ1) is 16.8. The van der Waals surface area contributed by atoms with E-state index in [1.165, 1.54) is 37.4 Å². The van der Waals surface area contributed by atoms with Crippen molar-refractivity contribution in [3.8, 4) is 29.4 Å². The third-order valence-corrected chi connectivity index (χ3v) is 3.09. The van der Waals surface area contributed by atoms with Gasteiger partial charge in [-0.15, -0.1) is 0 Å². The summed E-state index contributed by atoms with van der Waals surface area (Å²) in [5.74, 6) is -2.26. The Kier molecular flexibility index (Phi) is 4.98. The Morgan fingerprint density at radius 3 is 2.33 bits per heavy atom. The van der Waals surface area contributed by atoms with Crippen molar-refractivity contribution in [1.82, 2.24) is 0 Å². The standard InChI is InChI=1S/C17H11FN2O4/c1-23-14-3-2-12(7-15(21)22)16(18)17(14)24-13-5-10(8-19)4-11(6-13)9-20/h2-6H,7H2,1H3,(H,21,22). The highest BCUT2D eigenvalue weighted by atomic mass is 19.1. The van der Waals surface area contributed by atoms with E-state index in [9.17, 15) is 9.18 Å². The molecule has 0 radical (unpaired) electrons. The van der Waals surface area contributed by atoms with Gasteiger partial charge in [0.25, 0.3) is 0 Å². The molecule has 0 atom stereocenters. The van der Waals surface area contributed by atoms with Gasteiger partial charge in [-0.2, -0.15) is 10.5 Å². The van der Waals surface area contributed by atoms with Gasteiger partial charge in [-0.05, 0) is 24.3 Å². The van der Waals surface area contributed by atoms with Crippen LogP contribution in [0.15, 0.2) is 30.3 Å². The maximum atomic E-state index is 14.5. The lowest BCUT2D eigenvalue weighted by Crippen LogP contribution is -2.04. The van der Waals surface area contributed by atoms with Gasteiger partial charge in [0.15, 0.2) is 11.6 Å². The normalized spacial score (nSPS) is 9.67. The first-order valence-corrected chi connectivity index (χ1v) is 6.68. The number of hydrogen-bond acceptors (Lipinski definition) is 5. The van der Waals surface area contributed by atoms with Crippen LogP contribution in [0.2, 0.25) is 0 Å². The van der Waals surface area contributed by atoms with Crippen LogP contribution in [0.4, 0.5) is 4.39 Å². The molecule has 6 nitrogen and oxygen atoms in total. The number of nitriles is 2. The molecule has 24 heavy (non-hydrogen) atoms. The van der Waals surface area contributed by atoms with Crippen molar-refractivity contribution in [2.75, 3.05) is 7.11 Å². The zero-order chi connectivity index (χ0) is 17.7. The summed E-state index contributed by atoms with van der Waals surface area (Å²) >= 11 is 0. The summed E-state index contributed by atoms with van der Waals surface area (Å²) in [5.41, 5.74) is 0.269. The fraction of sp³-hybridized carbons (Fsp3) is 0.118. The minimum absolute atomic E-state index is 0.0579. The van der Waals surface area contributed by atoms with Crippen molar-refractivity contribution in [2.45, 2.75) is 6.42 Å². The summed E-state index contributed by atoms with van der Waals surface area (Å²) in [5, 5.41) is 26.8. The zero-order valence-corrected chi connectivity index (χ0v) is 12.5. The summed E-state index contributed by atoms with van der Waals surface area (Å²) in [6.45, 7) is 0. The number of benzene rings is 2. The van der Waals surface area contributed by atoms with E-state index in [1.807, 2.05) is 12.1 Å². The average Bonchev–Trinajstić information content (AvgIpc) is 2.57. The van der Waals surface area contributed by atoms with Crippen molar-refractivity contribution in [3.63, 3.8) is 0 Å². The van der Waals surface area contributed by atoms with Gasteiger partial charge in [0, 0.05) is 5.56 Å². The molecule has 0 heterocycles. The van der Waals surface area contributed by atoms with Gasteiger partial charge in [-0.3, -0.25) is 4.79 Å². The zero-order valence-electron chi connectivity index (χ0n) is 12.5. The largest absolute Gasteiger partial charge is 0.493 e. The van der Waals surface area contributed by atoms with Gasteiger partial charge in [-0.25, -0.2) is 4.39 Å². The Bertz CT molecular complexity index is 849. The van der Waals surface area contributed by atoms with E-state index >= 15 is 0 Å². The van der Waals surface area contributed by atoms with Crippen LogP contribution in [-0.4, -0.2) is 18.2 Å². The topological polar surface area (TPSA) is 103 Å². The molecule has 0 saturated heterocycles. The minimum Gasteiger partial charge on any atom is -0.493 e. The number of carboxylic acids is 1. The molecular weight excluding hydrogens is 315 g/mol. The van der Waals surface area contributed by atoms with Crippen LogP contribution in [-0.2, 0) is 11.2 Å². The Morgan fingerprint density at radius 1 is 1.21 bits per heavy atom. The number of aliphatic carboxylic acids is 1. The van der Waals surface area contributed by atoms with E-state index in [-0.39, 0.29) is 33.9 Å². The van der Waals surface area contributed by atoms with Gasteiger partial charge in [0.2, 0.25) is 5.75 Å². The lowest BCUT2D eigenvalue weighted by atomic mass is 10.1. The highest BCUT2D eigenvalue weighted by Gasteiger charge is 2.18. The van der Waals surface area contributed by atoms with Gasteiger partial charge < -0.3 is 14.6 Å². The SMILES string of the molecule is COc1ccc(CC(=O)O)c(F)c1Oc1cc(C#N)cc(C#N)c1. The monoisotopic (exact) mass is 326 g/mol. The molecule has 0 bridgehead atoms. The number of halogens is 1. The summed E-state index contributed by atoms with van der Waals surface area (Å²) in [6.07, 6.45) is -0.520. The highest BCUT2D eigenvalue weighted by molar-refractivity contribution is 5.71. The average molecular weight is 326 g/mol. The minimum atomic E-state index is -1.19. The molecule has 2 aromatic rings. The number of rotatable bonds is 5. The van der Waals surface area contributed by atoms with E-state index in [2.05, 4.69) is 0 Å². The molecular formula is C17H11FN2O4. The molecule has 0 saturated carbocycles. The fourth-order valence-corrected chi connectivity index (χ4v) is 2.04. The van der Waals surface area contributed by atoms with Crippen LogP contribution < -0.4 is 9.47 Å². The van der Waals surface area contributed by atoms with Crippen molar-refractivity contribution in [3.05, 3.63) is 52.8 Å². The van der Waals surface area contributed by atoms with Crippen LogP contribution in [0.3, 0.4) is 0 Å². The summed E-state index contributed by atoms with van der Waals surface area (Å²) < 4.78 is 25.0. The van der Waals surface area contributed by atoms with Crippen LogP contribution in [0.5, 0.6) is 17.2 Å². The van der Waals surface area contributed by atoms with Crippen LogP contribution >= 0.6 is 0 Å². The Labute approximate surface area is 136 Å². The van der Waals surface area contributed by atoms with Gasteiger partial charge in [-0.1, -0.05) is 6.07 Å². The van der Waals surface area contributed by atoms with Gasteiger partial charge >= 0.3 is 5.97 Å². The predicted molar refractivity (Wildman–Crippen MR) is 80.2 cm³/mol. The van der Waals surface area contributed by atoms with Crippen molar-refractivity contribution in [2.24, 2.45) is 0 Å². The second kappa shape index (κ2) is 7.12. The molecule has 7 heteroatoms. The molecule has 0 amide bonds. The summed E-state index contributed by atoms with van der Waals surface area (Å²) in [6, 6.07) is 10.5. The van der Waals surface area contributed by atoms with Crippen molar-refractivity contribution >= 4 is 5.97 Å². The Morgan fingerprint density at radius 2 is 1.83 bits per heavy atom. The molecule has 0 aliphatic heterocycles. The van der Waals surface area contributed by atoms with Crippen LogP contribution in [0, 0.1) is 28.5 Å². The smallest absolute Gasteiger partial charge is 0.307 e. The number of hydrogen-bond donors (Lipinski definition) is 1. The Balaban J connectivity index is 2.51. The number of carboxylic acid groups (broad SMARTS) is 1. The third kappa shape index (κ3) is 3.60. The molecule has 0 spiro atoms. The number of ether oxygens (including phenoxy) is 2. The maximum absolute atomic E-state index is 14.5. The molecule has 0 aliphatic carbocycles. The second-order valence-electron chi connectivity index (χ2n) is 4.71. The molecule has 0 aliphatic rings. The quantitative estimate of drug-likeness (QED) is 0.906. The maximum Gasteiger partial charge on any atom is 0.307 e. The van der Waals surface area contributed by atoms with Crippen molar-refractivity contribution in [1.29, 1.82) is 10.5 Å². The van der Waals surface area contributed by atoms with E-state index in [1.54, 1.807) is 0 Å². The van der Waals surface area contributed by atoms with Crippen LogP contribution in [0.25, 0.3) is 0 Å². The predicted octanol–water partition coefficient (Wildman–Crippen LogP) is 3.00. The van der Waals surface area contributed by atoms with Gasteiger partial charge in [0.1, 0.15) is 5.75 Å². The number of methoxy groups -OCH3 is 1. The second-order valence-corrected chi connectivity index (χ2v) is 4.71. The molecule has 1 N–H and O–H groups in total. The molecule has 2 rings (SSSR count). The van der Waals surface area contributed by atoms with E-state index in [4.69, 9.17) is 25.1 Å². The summed E-state index contributed by atoms with van der Waals surface area (Å²) in [4.78, 5) is 10.8. The highest BCUT2D eigenvalue weighted by Crippen LogP contribution is 2.36. The van der Waals surface area contributed by atoms with E-state index in [0.717, 1.165) is 0 Å². The summed E-state index contributed by atoms with van der Waals surface area (Å²) in [7, 11) is 1.31. The molecule has 0 aromatic heterocycles.